The SMILES string of the molecule is COc1cnc(C(=O)Nc2ccnc(C3(C)CC(C)(C)SC(N)=N3)c2)cn1. The number of hydrogen-bond acceptors (Lipinski definition) is 8. The highest BCUT2D eigenvalue weighted by molar-refractivity contribution is 8.15. The van der Waals surface area contributed by atoms with Gasteiger partial charge in [-0.3, -0.25) is 9.78 Å². The average Bonchev–Trinajstić information content (AvgIpc) is 2.60. The number of amides is 1. The number of thioether (sulfide) groups is 1. The van der Waals surface area contributed by atoms with E-state index in [2.05, 4.69) is 39.1 Å². The summed E-state index contributed by atoms with van der Waals surface area (Å²) in [4.78, 5) is 29.5. The van der Waals surface area contributed by atoms with Crippen LogP contribution in [0.4, 0.5) is 5.69 Å². The molecule has 142 valence electrons. The summed E-state index contributed by atoms with van der Waals surface area (Å²) in [6.07, 6.45) is 5.19. The van der Waals surface area contributed by atoms with Crippen molar-refractivity contribution in [3.05, 3.63) is 42.1 Å². The lowest BCUT2D eigenvalue weighted by atomic mass is 9.87. The lowest BCUT2D eigenvalue weighted by Crippen LogP contribution is -2.38. The molecule has 0 saturated heterocycles. The number of nitrogens with one attached hydrogen (secondary N) is 1. The fourth-order valence-corrected chi connectivity index (χ4v) is 4.30. The molecule has 2 aromatic heterocycles. The number of methoxy groups -OCH3 is 1. The molecule has 0 bridgehead atoms. The molecule has 27 heavy (non-hydrogen) atoms. The zero-order chi connectivity index (χ0) is 19.7. The van der Waals surface area contributed by atoms with Gasteiger partial charge < -0.3 is 15.8 Å². The Hall–Kier alpha value is -2.68. The first kappa shape index (κ1) is 19.1. The molecule has 0 aromatic carbocycles. The molecule has 3 N–H and O–H groups in total. The second kappa shape index (κ2) is 7.15. The molecule has 3 heterocycles. The fraction of sp³-hybridized carbons (Fsp3) is 0.389. The lowest BCUT2D eigenvalue weighted by Gasteiger charge is -2.38. The van der Waals surface area contributed by atoms with E-state index in [1.165, 1.54) is 19.5 Å². The number of carbonyl (C=O) groups is 1. The van der Waals surface area contributed by atoms with E-state index in [0.717, 1.165) is 12.1 Å². The molecule has 9 heteroatoms. The normalized spacial score (nSPS) is 21.3. The Morgan fingerprint density at radius 3 is 2.67 bits per heavy atom. The highest BCUT2D eigenvalue weighted by Gasteiger charge is 2.40. The molecular weight excluding hydrogens is 364 g/mol. The number of ether oxygens (including phenoxy) is 1. The van der Waals surface area contributed by atoms with Crippen molar-refractivity contribution in [1.29, 1.82) is 0 Å². The fourth-order valence-electron chi connectivity index (χ4n) is 3.14. The Morgan fingerprint density at radius 2 is 2.04 bits per heavy atom. The maximum atomic E-state index is 12.4. The number of pyridine rings is 1. The molecule has 1 amide bonds. The van der Waals surface area contributed by atoms with Gasteiger partial charge in [0.1, 0.15) is 11.2 Å². The van der Waals surface area contributed by atoms with Crippen molar-refractivity contribution in [3.63, 3.8) is 0 Å². The molecular formula is C18H22N6O2S. The molecule has 1 aliphatic heterocycles. The van der Waals surface area contributed by atoms with Crippen molar-refractivity contribution in [2.75, 3.05) is 12.4 Å². The molecule has 8 nitrogen and oxygen atoms in total. The minimum atomic E-state index is -0.556. The van der Waals surface area contributed by atoms with Gasteiger partial charge in [0.25, 0.3) is 5.91 Å². The van der Waals surface area contributed by atoms with Crippen LogP contribution in [0, 0.1) is 0 Å². The lowest BCUT2D eigenvalue weighted by molar-refractivity contribution is 0.102. The van der Waals surface area contributed by atoms with E-state index < -0.39 is 5.54 Å². The summed E-state index contributed by atoms with van der Waals surface area (Å²) in [5.74, 6) is -0.0195. The second-order valence-corrected chi connectivity index (χ2v) is 8.82. The van der Waals surface area contributed by atoms with Gasteiger partial charge in [-0.1, -0.05) is 25.6 Å². The zero-order valence-corrected chi connectivity index (χ0v) is 16.5. The summed E-state index contributed by atoms with van der Waals surface area (Å²) in [5, 5.41) is 3.36. The standard InChI is InChI=1S/C18H22N6O2S/c1-17(2)10-18(3,24-16(19)27-17)13-7-11(5-6-20-13)23-15(25)12-8-22-14(26-4)9-21-12/h5-9H,10H2,1-4H3,(H2,19,24)(H,20,23,25). The number of aliphatic imine (C=N–C) groups is 1. The first-order valence-corrected chi connectivity index (χ1v) is 9.21. The second-order valence-electron chi connectivity index (χ2n) is 7.09. The van der Waals surface area contributed by atoms with Gasteiger partial charge >= 0.3 is 0 Å². The van der Waals surface area contributed by atoms with E-state index in [-0.39, 0.29) is 16.3 Å². The molecule has 1 unspecified atom stereocenters. The largest absolute Gasteiger partial charge is 0.480 e. The number of nitrogens with two attached hydrogens (primary N) is 1. The van der Waals surface area contributed by atoms with Crippen LogP contribution in [-0.4, -0.2) is 37.9 Å². The van der Waals surface area contributed by atoms with Gasteiger partial charge in [0.15, 0.2) is 5.17 Å². The van der Waals surface area contributed by atoms with Gasteiger partial charge in [-0.25, -0.2) is 15.0 Å². The van der Waals surface area contributed by atoms with E-state index in [4.69, 9.17) is 10.5 Å². The summed E-state index contributed by atoms with van der Waals surface area (Å²) in [6, 6.07) is 3.54. The number of carbonyl (C=O) groups excluding carboxylic acids is 1. The predicted octanol–water partition coefficient (Wildman–Crippen LogP) is 2.58. The molecule has 1 aliphatic rings. The third-order valence-electron chi connectivity index (χ3n) is 4.15. The van der Waals surface area contributed by atoms with Crippen LogP contribution in [0.1, 0.15) is 43.4 Å². The zero-order valence-electron chi connectivity index (χ0n) is 15.7. The summed E-state index contributed by atoms with van der Waals surface area (Å²) in [6.45, 7) is 6.26. The summed E-state index contributed by atoms with van der Waals surface area (Å²) < 4.78 is 4.89. The summed E-state index contributed by atoms with van der Waals surface area (Å²) in [7, 11) is 1.49. The van der Waals surface area contributed by atoms with Crippen molar-refractivity contribution < 1.29 is 9.53 Å². The van der Waals surface area contributed by atoms with Crippen LogP contribution in [0.25, 0.3) is 0 Å². The van der Waals surface area contributed by atoms with Crippen LogP contribution in [0.15, 0.2) is 35.7 Å². The van der Waals surface area contributed by atoms with E-state index in [1.54, 1.807) is 24.0 Å². The van der Waals surface area contributed by atoms with Gasteiger partial charge in [0, 0.05) is 16.6 Å². The number of nitrogens with zero attached hydrogens (tertiary/aromatic N) is 4. The van der Waals surface area contributed by atoms with Crippen LogP contribution in [0.3, 0.4) is 0 Å². The van der Waals surface area contributed by atoms with E-state index in [0.29, 0.717) is 16.7 Å². The third-order valence-corrected chi connectivity index (χ3v) is 5.14. The number of hydrogen-bond donors (Lipinski definition) is 2. The molecule has 2 aromatic rings. The third kappa shape index (κ3) is 4.36. The monoisotopic (exact) mass is 386 g/mol. The first-order chi connectivity index (χ1) is 12.7. The van der Waals surface area contributed by atoms with E-state index in [9.17, 15) is 4.79 Å². The van der Waals surface area contributed by atoms with Gasteiger partial charge in [-0.05, 0) is 25.5 Å². The van der Waals surface area contributed by atoms with Gasteiger partial charge in [0.05, 0.1) is 25.2 Å². The average molecular weight is 386 g/mol. The van der Waals surface area contributed by atoms with Gasteiger partial charge in [-0.2, -0.15) is 0 Å². The van der Waals surface area contributed by atoms with Gasteiger partial charge in [-0.15, -0.1) is 0 Å². The quantitative estimate of drug-likeness (QED) is 0.829. The first-order valence-electron chi connectivity index (χ1n) is 8.39. The highest BCUT2D eigenvalue weighted by Crippen LogP contribution is 2.44. The number of amidine groups is 1. The molecule has 3 rings (SSSR count). The summed E-state index contributed by atoms with van der Waals surface area (Å²) in [5.41, 5.74) is 7.02. The maximum absolute atomic E-state index is 12.4. The van der Waals surface area contributed by atoms with Crippen molar-refractivity contribution in [2.24, 2.45) is 10.7 Å². The maximum Gasteiger partial charge on any atom is 0.275 e. The number of aromatic nitrogens is 3. The molecule has 0 spiro atoms. The smallest absolute Gasteiger partial charge is 0.275 e. The van der Waals surface area contributed by atoms with Crippen LogP contribution in [-0.2, 0) is 5.54 Å². The topological polar surface area (TPSA) is 115 Å². The van der Waals surface area contributed by atoms with Crippen molar-refractivity contribution >= 4 is 28.5 Å². The number of anilines is 1. The Balaban J connectivity index is 1.83. The van der Waals surface area contributed by atoms with Crippen LogP contribution in [0.2, 0.25) is 0 Å². The Morgan fingerprint density at radius 1 is 1.26 bits per heavy atom. The minimum Gasteiger partial charge on any atom is -0.480 e. The van der Waals surface area contributed by atoms with E-state index in [1.807, 2.05) is 13.0 Å². The van der Waals surface area contributed by atoms with Gasteiger partial charge in [0.2, 0.25) is 5.88 Å². The van der Waals surface area contributed by atoms with Crippen LogP contribution in [0.5, 0.6) is 5.88 Å². The van der Waals surface area contributed by atoms with E-state index >= 15 is 0 Å². The van der Waals surface area contributed by atoms with Crippen molar-refractivity contribution in [3.8, 4) is 5.88 Å². The molecule has 0 saturated carbocycles. The minimum absolute atomic E-state index is 0.0554. The molecule has 1 atom stereocenters. The Bertz CT molecular complexity index is 884. The molecule has 0 fully saturated rings. The Labute approximate surface area is 162 Å². The van der Waals surface area contributed by atoms with Crippen molar-refractivity contribution in [1.82, 2.24) is 15.0 Å². The van der Waals surface area contributed by atoms with Crippen LogP contribution < -0.4 is 15.8 Å². The Kier molecular flexibility index (Phi) is 5.05. The number of rotatable bonds is 4. The highest BCUT2D eigenvalue weighted by atomic mass is 32.2. The van der Waals surface area contributed by atoms with Crippen LogP contribution >= 0.6 is 11.8 Å². The van der Waals surface area contributed by atoms with Crippen molar-refractivity contribution in [2.45, 2.75) is 37.5 Å². The molecule has 0 aliphatic carbocycles. The molecule has 0 radical (unpaired) electrons. The predicted molar refractivity (Wildman–Crippen MR) is 106 cm³/mol. The summed E-state index contributed by atoms with van der Waals surface area (Å²) >= 11 is 1.56.